The number of carbonyl (C=O) groups excluding carboxylic acids is 1. The molecule has 156 valence electrons. The number of rotatable bonds is 6. The average Bonchev–Trinajstić information content (AvgIpc) is 3.42. The normalized spacial score (nSPS) is 19.9. The first-order chi connectivity index (χ1) is 13.6. The second-order valence-corrected chi connectivity index (χ2v) is 8.68. The van der Waals surface area contributed by atoms with E-state index in [2.05, 4.69) is 40.9 Å². The Morgan fingerprint density at radius 1 is 1.18 bits per heavy atom. The Hall–Kier alpha value is -1.67. The van der Waals surface area contributed by atoms with Crippen LogP contribution in [0.1, 0.15) is 43.5 Å². The van der Waals surface area contributed by atoms with Crippen LogP contribution in [0.3, 0.4) is 0 Å². The standard InChI is InChI=1S/C20H34N6OS/c1-4-17-14-22-18(28-17)15-23-20(21-5-2)26-12-10-24(11-13-26)16(3)19(27)25-8-6-7-9-25/h14,16H,4-13,15H2,1-3H3,(H,21,23). The molecular weight excluding hydrogens is 372 g/mol. The summed E-state index contributed by atoms with van der Waals surface area (Å²) in [5, 5.41) is 4.48. The first kappa shape index (κ1) is 21.0. The monoisotopic (exact) mass is 406 g/mol. The molecule has 1 aromatic rings. The third-order valence-electron chi connectivity index (χ3n) is 5.59. The smallest absolute Gasteiger partial charge is 0.239 e. The van der Waals surface area contributed by atoms with Gasteiger partial charge in [-0.2, -0.15) is 0 Å². The van der Waals surface area contributed by atoms with E-state index in [1.165, 1.54) is 4.88 Å². The molecule has 1 unspecified atom stereocenters. The first-order valence-electron chi connectivity index (χ1n) is 10.6. The molecule has 0 bridgehead atoms. The minimum atomic E-state index is -0.0254. The van der Waals surface area contributed by atoms with E-state index in [9.17, 15) is 4.79 Å². The predicted octanol–water partition coefficient (Wildman–Crippen LogP) is 1.80. The van der Waals surface area contributed by atoms with E-state index < -0.39 is 0 Å². The predicted molar refractivity (Wildman–Crippen MR) is 115 cm³/mol. The zero-order valence-corrected chi connectivity index (χ0v) is 18.3. The molecule has 3 heterocycles. The van der Waals surface area contributed by atoms with Gasteiger partial charge in [-0.25, -0.2) is 9.98 Å². The van der Waals surface area contributed by atoms with Crippen LogP contribution < -0.4 is 5.32 Å². The van der Waals surface area contributed by atoms with Crippen LogP contribution in [0.2, 0.25) is 0 Å². The topological polar surface area (TPSA) is 64.1 Å². The molecule has 2 saturated heterocycles. The third kappa shape index (κ3) is 5.23. The number of likely N-dealkylation sites (tertiary alicyclic amines) is 1. The number of thiazole rings is 1. The van der Waals surface area contributed by atoms with Gasteiger partial charge in [-0.05, 0) is 33.1 Å². The van der Waals surface area contributed by atoms with E-state index in [4.69, 9.17) is 4.99 Å². The number of nitrogens with zero attached hydrogens (tertiary/aromatic N) is 5. The Morgan fingerprint density at radius 2 is 1.89 bits per heavy atom. The number of amides is 1. The quantitative estimate of drug-likeness (QED) is 0.577. The van der Waals surface area contributed by atoms with Gasteiger partial charge in [0.15, 0.2) is 5.96 Å². The molecule has 0 aliphatic carbocycles. The number of hydrogen-bond acceptors (Lipinski definition) is 5. The highest BCUT2D eigenvalue weighted by molar-refractivity contribution is 7.11. The van der Waals surface area contributed by atoms with Crippen LogP contribution in [-0.2, 0) is 17.8 Å². The number of piperazine rings is 1. The van der Waals surface area contributed by atoms with Crippen molar-refractivity contribution in [2.45, 2.75) is 52.6 Å². The summed E-state index contributed by atoms with van der Waals surface area (Å²) in [7, 11) is 0. The summed E-state index contributed by atoms with van der Waals surface area (Å²) in [6.45, 7) is 13.2. The summed E-state index contributed by atoms with van der Waals surface area (Å²) >= 11 is 1.74. The minimum Gasteiger partial charge on any atom is -0.357 e. The molecule has 1 amide bonds. The number of nitrogens with one attached hydrogen (secondary N) is 1. The van der Waals surface area contributed by atoms with E-state index in [-0.39, 0.29) is 6.04 Å². The fourth-order valence-corrected chi connectivity index (χ4v) is 4.62. The molecule has 7 nitrogen and oxygen atoms in total. The van der Waals surface area contributed by atoms with Gasteiger partial charge >= 0.3 is 0 Å². The molecule has 8 heteroatoms. The molecule has 2 fully saturated rings. The number of aromatic nitrogens is 1. The van der Waals surface area contributed by atoms with Crippen molar-refractivity contribution in [1.29, 1.82) is 0 Å². The van der Waals surface area contributed by atoms with Gasteiger partial charge in [0.1, 0.15) is 5.01 Å². The Kier molecular flexibility index (Phi) is 7.67. The van der Waals surface area contributed by atoms with E-state index in [0.29, 0.717) is 12.5 Å². The fraction of sp³-hybridized carbons (Fsp3) is 0.750. The van der Waals surface area contributed by atoms with Crippen molar-refractivity contribution in [2.75, 3.05) is 45.8 Å². The second-order valence-electron chi connectivity index (χ2n) is 7.48. The van der Waals surface area contributed by atoms with Gasteiger partial charge < -0.3 is 15.1 Å². The molecule has 1 N–H and O–H groups in total. The SMILES string of the molecule is CCNC(=NCc1ncc(CC)s1)N1CCN(C(C)C(=O)N2CCCC2)CC1. The highest BCUT2D eigenvalue weighted by atomic mass is 32.1. The molecule has 2 aliphatic rings. The Morgan fingerprint density at radius 3 is 2.50 bits per heavy atom. The highest BCUT2D eigenvalue weighted by Crippen LogP contribution is 2.16. The Bertz CT molecular complexity index is 661. The molecule has 1 atom stereocenters. The van der Waals surface area contributed by atoms with Crippen molar-refractivity contribution >= 4 is 23.2 Å². The molecule has 0 radical (unpaired) electrons. The summed E-state index contributed by atoms with van der Waals surface area (Å²) < 4.78 is 0. The van der Waals surface area contributed by atoms with Crippen LogP contribution in [0.5, 0.6) is 0 Å². The van der Waals surface area contributed by atoms with Gasteiger partial charge in [-0.15, -0.1) is 11.3 Å². The molecule has 0 saturated carbocycles. The van der Waals surface area contributed by atoms with Gasteiger partial charge in [-0.1, -0.05) is 6.92 Å². The lowest BCUT2D eigenvalue weighted by Gasteiger charge is -2.39. The highest BCUT2D eigenvalue weighted by Gasteiger charge is 2.30. The van der Waals surface area contributed by atoms with Crippen LogP contribution in [-0.4, -0.2) is 83.4 Å². The van der Waals surface area contributed by atoms with Crippen molar-refractivity contribution in [3.8, 4) is 0 Å². The molecule has 1 aromatic heterocycles. The lowest BCUT2D eigenvalue weighted by Crippen LogP contribution is -2.57. The first-order valence-corrected chi connectivity index (χ1v) is 11.4. The number of hydrogen-bond donors (Lipinski definition) is 1. The summed E-state index contributed by atoms with van der Waals surface area (Å²) in [6.07, 6.45) is 5.28. The van der Waals surface area contributed by atoms with E-state index in [1.54, 1.807) is 11.3 Å². The van der Waals surface area contributed by atoms with Crippen LogP contribution in [0, 0.1) is 0 Å². The van der Waals surface area contributed by atoms with Gasteiger partial charge in [0, 0.05) is 56.9 Å². The maximum atomic E-state index is 12.7. The molecular formula is C20H34N6OS. The fourth-order valence-electron chi connectivity index (χ4n) is 3.83. The lowest BCUT2D eigenvalue weighted by atomic mass is 10.2. The molecule has 0 aromatic carbocycles. The van der Waals surface area contributed by atoms with Crippen molar-refractivity contribution < 1.29 is 4.79 Å². The largest absolute Gasteiger partial charge is 0.357 e. The molecule has 0 spiro atoms. The number of carbonyl (C=O) groups is 1. The van der Waals surface area contributed by atoms with E-state index >= 15 is 0 Å². The molecule has 28 heavy (non-hydrogen) atoms. The lowest BCUT2D eigenvalue weighted by molar-refractivity contribution is -0.135. The number of guanidine groups is 1. The zero-order chi connectivity index (χ0) is 19.9. The van der Waals surface area contributed by atoms with Gasteiger partial charge in [0.05, 0.1) is 12.6 Å². The van der Waals surface area contributed by atoms with E-state index in [1.807, 2.05) is 11.1 Å². The van der Waals surface area contributed by atoms with Crippen LogP contribution in [0.4, 0.5) is 0 Å². The van der Waals surface area contributed by atoms with Gasteiger partial charge in [0.25, 0.3) is 0 Å². The van der Waals surface area contributed by atoms with Crippen molar-refractivity contribution in [3.05, 3.63) is 16.1 Å². The average molecular weight is 407 g/mol. The third-order valence-corrected chi connectivity index (χ3v) is 6.71. The molecule has 2 aliphatic heterocycles. The summed E-state index contributed by atoms with van der Waals surface area (Å²) in [5.74, 6) is 1.25. The van der Waals surface area contributed by atoms with Crippen LogP contribution in [0.25, 0.3) is 0 Å². The zero-order valence-electron chi connectivity index (χ0n) is 17.5. The molecule has 3 rings (SSSR count). The Labute approximate surface area is 172 Å². The number of aryl methyl sites for hydroxylation is 1. The summed E-state index contributed by atoms with van der Waals surface area (Å²) in [5.41, 5.74) is 0. The van der Waals surface area contributed by atoms with Crippen LogP contribution in [0.15, 0.2) is 11.2 Å². The second kappa shape index (κ2) is 10.2. The van der Waals surface area contributed by atoms with E-state index in [0.717, 1.165) is 76.0 Å². The van der Waals surface area contributed by atoms with Gasteiger partial charge in [-0.3, -0.25) is 9.69 Å². The summed E-state index contributed by atoms with van der Waals surface area (Å²) in [6, 6.07) is -0.0254. The Balaban J connectivity index is 1.54. The van der Waals surface area contributed by atoms with Gasteiger partial charge in [0.2, 0.25) is 5.91 Å². The minimum absolute atomic E-state index is 0.0254. The van der Waals surface area contributed by atoms with Crippen molar-refractivity contribution in [3.63, 3.8) is 0 Å². The van der Waals surface area contributed by atoms with Crippen molar-refractivity contribution in [2.24, 2.45) is 4.99 Å². The maximum Gasteiger partial charge on any atom is 0.239 e. The number of aliphatic imine (C=N–C) groups is 1. The maximum absolute atomic E-state index is 12.7. The summed E-state index contributed by atoms with van der Waals surface area (Å²) in [4.78, 5) is 29.9. The van der Waals surface area contributed by atoms with Crippen LogP contribution >= 0.6 is 11.3 Å². The van der Waals surface area contributed by atoms with Crippen molar-refractivity contribution in [1.82, 2.24) is 25.0 Å².